The van der Waals surface area contributed by atoms with Gasteiger partial charge < -0.3 is 5.32 Å². The summed E-state index contributed by atoms with van der Waals surface area (Å²) in [6, 6.07) is 2.90. The van der Waals surface area contributed by atoms with Crippen LogP contribution in [0.4, 0.5) is 13.2 Å². The Morgan fingerprint density at radius 1 is 1.29 bits per heavy atom. The van der Waals surface area contributed by atoms with E-state index in [1.54, 1.807) is 6.07 Å². The minimum Gasteiger partial charge on any atom is -0.310 e. The summed E-state index contributed by atoms with van der Waals surface area (Å²) in [5.41, 5.74) is 0.821. The summed E-state index contributed by atoms with van der Waals surface area (Å²) in [7, 11) is 0. The van der Waals surface area contributed by atoms with Gasteiger partial charge in [0.15, 0.2) is 0 Å². The normalized spacial score (nSPS) is 27.7. The molecule has 2 aliphatic rings. The summed E-state index contributed by atoms with van der Waals surface area (Å²) >= 11 is 0. The quantitative estimate of drug-likeness (QED) is 0.756. The summed E-state index contributed by atoms with van der Waals surface area (Å²) in [6.45, 7) is 0.946. The maximum absolute atomic E-state index is 12.5. The smallest absolute Gasteiger partial charge is 0.310 e. The van der Waals surface area contributed by atoms with E-state index in [0.717, 1.165) is 31.0 Å². The molecule has 2 atom stereocenters. The van der Waals surface area contributed by atoms with Crippen LogP contribution >= 0.6 is 0 Å². The predicted octanol–water partition coefficient (Wildman–Crippen LogP) is 2.70. The van der Waals surface area contributed by atoms with Gasteiger partial charge in [-0.1, -0.05) is 6.07 Å². The molecule has 0 radical (unpaired) electrons. The van der Waals surface area contributed by atoms with Gasteiger partial charge in [-0.3, -0.25) is 0 Å². The van der Waals surface area contributed by atoms with Crippen molar-refractivity contribution in [2.75, 3.05) is 6.54 Å². The third kappa shape index (κ3) is 1.82. The topological polar surface area (TPSA) is 24.9 Å². The molecule has 1 saturated heterocycles. The van der Waals surface area contributed by atoms with Crippen LogP contribution in [0.5, 0.6) is 0 Å². The van der Waals surface area contributed by atoms with Crippen LogP contribution in [0.3, 0.4) is 0 Å². The van der Waals surface area contributed by atoms with Crippen molar-refractivity contribution in [1.29, 1.82) is 0 Å². The zero-order valence-electron chi connectivity index (χ0n) is 9.22. The summed E-state index contributed by atoms with van der Waals surface area (Å²) in [5, 5.41) is 3.37. The fourth-order valence-corrected chi connectivity index (χ4v) is 2.90. The molecule has 0 saturated carbocycles. The Hall–Kier alpha value is -1.10. The second kappa shape index (κ2) is 3.70. The fourth-order valence-electron chi connectivity index (χ4n) is 2.90. The van der Waals surface area contributed by atoms with Crippen molar-refractivity contribution in [1.82, 2.24) is 10.3 Å². The van der Waals surface area contributed by atoms with Crippen molar-refractivity contribution in [3.05, 3.63) is 29.1 Å². The largest absolute Gasteiger partial charge is 0.433 e. The molecule has 3 rings (SSSR count). The van der Waals surface area contributed by atoms with Crippen LogP contribution < -0.4 is 5.32 Å². The van der Waals surface area contributed by atoms with E-state index in [2.05, 4.69) is 10.3 Å². The molecule has 92 valence electrons. The van der Waals surface area contributed by atoms with Gasteiger partial charge in [-0.25, -0.2) is 4.98 Å². The van der Waals surface area contributed by atoms with Gasteiger partial charge in [-0.15, -0.1) is 0 Å². The molecule has 2 heterocycles. The molecule has 1 aromatic rings. The Balaban J connectivity index is 1.97. The van der Waals surface area contributed by atoms with Crippen molar-refractivity contribution < 1.29 is 13.2 Å². The highest BCUT2D eigenvalue weighted by atomic mass is 19.4. The van der Waals surface area contributed by atoms with Crippen LogP contribution in [-0.4, -0.2) is 11.5 Å². The van der Waals surface area contributed by atoms with Crippen LogP contribution in [0, 0.1) is 5.92 Å². The molecule has 17 heavy (non-hydrogen) atoms. The average molecular weight is 242 g/mol. The lowest BCUT2D eigenvalue weighted by Crippen LogP contribution is -2.31. The zero-order chi connectivity index (χ0) is 12.0. The number of pyridine rings is 1. The number of halogens is 3. The molecule has 5 heteroatoms. The molecule has 1 N–H and O–H groups in total. The number of piperidine rings is 1. The number of aromatic nitrogens is 1. The van der Waals surface area contributed by atoms with Crippen LogP contribution in [0.2, 0.25) is 0 Å². The maximum atomic E-state index is 12.5. The molecule has 1 aromatic heterocycles. The summed E-state index contributed by atoms with van der Waals surface area (Å²) < 4.78 is 37.6. The molecule has 0 unspecified atom stereocenters. The molecule has 0 aromatic carbocycles. The Morgan fingerprint density at radius 3 is 2.88 bits per heavy atom. The highest BCUT2D eigenvalue weighted by Crippen LogP contribution is 2.41. The van der Waals surface area contributed by atoms with E-state index in [4.69, 9.17) is 0 Å². The van der Waals surface area contributed by atoms with E-state index in [9.17, 15) is 13.2 Å². The monoisotopic (exact) mass is 242 g/mol. The first kappa shape index (κ1) is 11.0. The Labute approximate surface area is 97.2 Å². The number of fused-ring (bicyclic) bond motifs is 3. The highest BCUT2D eigenvalue weighted by Gasteiger charge is 2.38. The average Bonchev–Trinajstić information content (AvgIpc) is 2.65. The van der Waals surface area contributed by atoms with Gasteiger partial charge in [0.05, 0.1) is 0 Å². The van der Waals surface area contributed by atoms with Gasteiger partial charge >= 0.3 is 6.18 Å². The third-order valence-electron chi connectivity index (χ3n) is 3.68. The number of nitrogens with one attached hydrogen (secondary N) is 1. The zero-order valence-corrected chi connectivity index (χ0v) is 9.22. The predicted molar refractivity (Wildman–Crippen MR) is 56.4 cm³/mol. The number of rotatable bonds is 0. The molecule has 1 aliphatic carbocycles. The lowest BCUT2D eigenvalue weighted by atomic mass is 9.92. The number of hydrogen-bond acceptors (Lipinski definition) is 2. The first-order valence-corrected chi connectivity index (χ1v) is 5.86. The first-order valence-electron chi connectivity index (χ1n) is 5.86. The van der Waals surface area contributed by atoms with Crippen LogP contribution in [0.1, 0.15) is 35.8 Å². The van der Waals surface area contributed by atoms with E-state index in [-0.39, 0.29) is 6.04 Å². The minimum atomic E-state index is -4.34. The second-order valence-corrected chi connectivity index (χ2v) is 4.77. The van der Waals surface area contributed by atoms with E-state index in [1.165, 1.54) is 0 Å². The molecule has 0 amide bonds. The van der Waals surface area contributed by atoms with E-state index >= 15 is 0 Å². The molecule has 1 fully saturated rings. The second-order valence-electron chi connectivity index (χ2n) is 4.77. The summed E-state index contributed by atoms with van der Waals surface area (Å²) in [4.78, 5) is 3.78. The van der Waals surface area contributed by atoms with Gasteiger partial charge in [-0.05, 0) is 43.4 Å². The minimum absolute atomic E-state index is 0.216. The standard InChI is InChI=1S/C12H13F3N2/c13-12(14,15)10-4-3-8-9(17-10)6-7-2-1-5-16-11(7)8/h3-4,7,11,16H,1-2,5-6H2/t7-,11-/m1/s1. The fraction of sp³-hybridized carbons (Fsp3) is 0.583. The van der Waals surface area contributed by atoms with Crippen LogP contribution in [0.25, 0.3) is 0 Å². The van der Waals surface area contributed by atoms with Gasteiger partial charge in [0.2, 0.25) is 0 Å². The molecular weight excluding hydrogens is 229 g/mol. The summed E-state index contributed by atoms with van der Waals surface area (Å²) in [5.74, 6) is 0.426. The van der Waals surface area contributed by atoms with Gasteiger partial charge in [0, 0.05) is 11.7 Å². The molecular formula is C12H13F3N2. The molecule has 0 spiro atoms. The van der Waals surface area contributed by atoms with E-state index in [0.29, 0.717) is 18.0 Å². The Bertz CT molecular complexity index is 442. The molecule has 0 bridgehead atoms. The highest BCUT2D eigenvalue weighted by molar-refractivity contribution is 5.33. The molecule has 1 aliphatic heterocycles. The van der Waals surface area contributed by atoms with E-state index in [1.807, 2.05) is 0 Å². The van der Waals surface area contributed by atoms with Crippen molar-refractivity contribution in [2.45, 2.75) is 31.5 Å². The van der Waals surface area contributed by atoms with Crippen molar-refractivity contribution in [3.8, 4) is 0 Å². The molecule has 2 nitrogen and oxygen atoms in total. The van der Waals surface area contributed by atoms with Gasteiger partial charge in [-0.2, -0.15) is 13.2 Å². The SMILES string of the molecule is FC(F)(F)c1ccc2c(n1)C[C@H]1CCCN[C@@H]21. The maximum Gasteiger partial charge on any atom is 0.433 e. The number of alkyl halides is 3. The summed E-state index contributed by atoms with van der Waals surface area (Å²) in [6.07, 6.45) is -1.48. The van der Waals surface area contributed by atoms with Crippen LogP contribution in [-0.2, 0) is 12.6 Å². The Kier molecular flexibility index (Phi) is 2.40. The number of hydrogen-bond donors (Lipinski definition) is 1. The van der Waals surface area contributed by atoms with Crippen LogP contribution in [0.15, 0.2) is 12.1 Å². The van der Waals surface area contributed by atoms with Crippen molar-refractivity contribution in [3.63, 3.8) is 0 Å². The lowest BCUT2D eigenvalue weighted by Gasteiger charge is -2.26. The lowest BCUT2D eigenvalue weighted by molar-refractivity contribution is -0.141. The van der Waals surface area contributed by atoms with Gasteiger partial charge in [0.25, 0.3) is 0 Å². The first-order chi connectivity index (χ1) is 8.05. The number of nitrogens with zero attached hydrogens (tertiary/aromatic N) is 1. The van der Waals surface area contributed by atoms with Crippen molar-refractivity contribution in [2.24, 2.45) is 5.92 Å². The van der Waals surface area contributed by atoms with Crippen molar-refractivity contribution >= 4 is 0 Å². The third-order valence-corrected chi connectivity index (χ3v) is 3.68. The van der Waals surface area contributed by atoms with Gasteiger partial charge in [0.1, 0.15) is 5.69 Å². The Morgan fingerprint density at radius 2 is 2.12 bits per heavy atom. The van der Waals surface area contributed by atoms with E-state index < -0.39 is 11.9 Å².